The van der Waals surface area contributed by atoms with Crippen LogP contribution < -0.4 is 9.64 Å². The van der Waals surface area contributed by atoms with Gasteiger partial charge in [-0.05, 0) is 38.7 Å². The highest BCUT2D eigenvalue weighted by molar-refractivity contribution is 6.32. The van der Waals surface area contributed by atoms with E-state index in [9.17, 15) is 14.0 Å². The molecule has 140 valence electrons. The summed E-state index contributed by atoms with van der Waals surface area (Å²) in [6.07, 6.45) is 3.57. The number of nitrogens with zero attached hydrogens (tertiary/aromatic N) is 2. The SMILES string of the molecule is CC1OCCN2C(=O)N(c3cc(OC4CCCC4)c(Cl)cc3F)C(=O)C12. The molecular formula is C18H20ClFN2O4. The number of amides is 3. The Morgan fingerprint density at radius 1 is 1.27 bits per heavy atom. The van der Waals surface area contributed by atoms with Crippen molar-refractivity contribution in [2.45, 2.75) is 50.9 Å². The predicted octanol–water partition coefficient (Wildman–Crippen LogP) is 3.36. The van der Waals surface area contributed by atoms with Crippen LogP contribution in [0, 0.1) is 5.82 Å². The molecule has 0 spiro atoms. The first kappa shape index (κ1) is 17.5. The van der Waals surface area contributed by atoms with Crippen LogP contribution in [-0.4, -0.2) is 48.2 Å². The molecule has 1 aromatic carbocycles. The Balaban J connectivity index is 1.68. The lowest BCUT2D eigenvalue weighted by Crippen LogP contribution is -2.50. The minimum absolute atomic E-state index is 0.0237. The molecule has 0 radical (unpaired) electrons. The maximum absolute atomic E-state index is 14.6. The normalized spacial score (nSPS) is 26.6. The van der Waals surface area contributed by atoms with E-state index < -0.39 is 29.9 Å². The molecule has 2 unspecified atom stereocenters. The molecule has 26 heavy (non-hydrogen) atoms. The van der Waals surface area contributed by atoms with Crippen LogP contribution in [0.1, 0.15) is 32.6 Å². The van der Waals surface area contributed by atoms with Gasteiger partial charge in [-0.25, -0.2) is 14.1 Å². The Kier molecular flexibility index (Phi) is 4.52. The monoisotopic (exact) mass is 382 g/mol. The zero-order chi connectivity index (χ0) is 18.4. The summed E-state index contributed by atoms with van der Waals surface area (Å²) in [4.78, 5) is 27.8. The van der Waals surface area contributed by atoms with Crippen molar-refractivity contribution in [2.75, 3.05) is 18.1 Å². The van der Waals surface area contributed by atoms with Gasteiger partial charge in [0.2, 0.25) is 0 Å². The number of ether oxygens (including phenoxy) is 2. The third-order valence-corrected chi connectivity index (χ3v) is 5.54. The van der Waals surface area contributed by atoms with Gasteiger partial charge in [0.05, 0.1) is 29.5 Å². The van der Waals surface area contributed by atoms with E-state index in [0.29, 0.717) is 18.9 Å². The van der Waals surface area contributed by atoms with Gasteiger partial charge in [-0.15, -0.1) is 0 Å². The highest BCUT2D eigenvalue weighted by Crippen LogP contribution is 2.38. The number of fused-ring (bicyclic) bond motifs is 1. The Bertz CT molecular complexity index is 753. The maximum atomic E-state index is 14.6. The van der Waals surface area contributed by atoms with Crippen LogP contribution in [0.15, 0.2) is 12.1 Å². The molecule has 0 N–H and O–H groups in total. The van der Waals surface area contributed by atoms with Gasteiger partial charge in [-0.1, -0.05) is 11.6 Å². The molecule has 2 saturated heterocycles. The minimum Gasteiger partial charge on any atom is -0.489 e. The number of urea groups is 1. The summed E-state index contributed by atoms with van der Waals surface area (Å²) >= 11 is 6.12. The molecule has 1 saturated carbocycles. The van der Waals surface area contributed by atoms with E-state index in [-0.39, 0.29) is 16.8 Å². The summed E-state index contributed by atoms with van der Waals surface area (Å²) in [5, 5.41) is 0.131. The third kappa shape index (κ3) is 2.83. The van der Waals surface area contributed by atoms with Gasteiger partial charge in [0.25, 0.3) is 5.91 Å². The van der Waals surface area contributed by atoms with Crippen molar-refractivity contribution >= 4 is 29.2 Å². The zero-order valence-electron chi connectivity index (χ0n) is 14.4. The number of anilines is 1. The van der Waals surface area contributed by atoms with Crippen LogP contribution >= 0.6 is 11.6 Å². The second-order valence-corrected chi connectivity index (χ2v) is 7.34. The van der Waals surface area contributed by atoms with E-state index in [4.69, 9.17) is 21.1 Å². The lowest BCUT2D eigenvalue weighted by molar-refractivity contribution is -0.127. The van der Waals surface area contributed by atoms with Gasteiger partial charge < -0.3 is 14.4 Å². The fraction of sp³-hybridized carbons (Fsp3) is 0.556. The van der Waals surface area contributed by atoms with Crippen molar-refractivity contribution in [3.8, 4) is 5.75 Å². The number of hydrogen-bond acceptors (Lipinski definition) is 4. The van der Waals surface area contributed by atoms with E-state index in [2.05, 4.69) is 0 Å². The van der Waals surface area contributed by atoms with E-state index in [0.717, 1.165) is 36.6 Å². The van der Waals surface area contributed by atoms with Crippen molar-refractivity contribution in [3.05, 3.63) is 23.0 Å². The van der Waals surface area contributed by atoms with Gasteiger partial charge in [-0.2, -0.15) is 0 Å². The molecule has 1 aliphatic carbocycles. The van der Waals surface area contributed by atoms with Crippen LogP contribution in [0.5, 0.6) is 5.75 Å². The van der Waals surface area contributed by atoms with Gasteiger partial charge >= 0.3 is 6.03 Å². The molecule has 3 amide bonds. The third-order valence-electron chi connectivity index (χ3n) is 5.24. The molecule has 2 atom stereocenters. The van der Waals surface area contributed by atoms with E-state index in [1.807, 2.05) is 0 Å². The van der Waals surface area contributed by atoms with Gasteiger partial charge in [-0.3, -0.25) is 4.79 Å². The number of carbonyl (C=O) groups excluding carboxylic acids is 2. The second-order valence-electron chi connectivity index (χ2n) is 6.93. The smallest absolute Gasteiger partial charge is 0.332 e. The predicted molar refractivity (Wildman–Crippen MR) is 93.1 cm³/mol. The topological polar surface area (TPSA) is 59.1 Å². The number of morpholine rings is 1. The molecular weight excluding hydrogens is 363 g/mol. The zero-order valence-corrected chi connectivity index (χ0v) is 15.2. The summed E-state index contributed by atoms with van der Waals surface area (Å²) < 4.78 is 25.9. The molecule has 0 aromatic heterocycles. The number of halogens is 2. The molecule has 3 fully saturated rings. The number of rotatable bonds is 3. The van der Waals surface area contributed by atoms with Crippen LogP contribution in [0.3, 0.4) is 0 Å². The lowest BCUT2D eigenvalue weighted by Gasteiger charge is -2.31. The lowest BCUT2D eigenvalue weighted by atomic mass is 10.1. The largest absolute Gasteiger partial charge is 0.489 e. The average Bonchev–Trinajstić information content (AvgIpc) is 3.19. The second kappa shape index (κ2) is 6.70. The molecule has 6 nitrogen and oxygen atoms in total. The summed E-state index contributed by atoms with van der Waals surface area (Å²) in [5.74, 6) is -0.927. The Morgan fingerprint density at radius 2 is 2.00 bits per heavy atom. The number of benzene rings is 1. The standard InChI is InChI=1S/C18H20ClFN2O4/c1-10-16-17(23)22(18(24)21(16)6-7-25-10)14-9-15(12(19)8-13(14)20)26-11-4-2-3-5-11/h8-11,16H,2-7H2,1H3. The first-order valence-corrected chi connectivity index (χ1v) is 9.27. The van der Waals surface area contributed by atoms with Gasteiger partial charge in [0, 0.05) is 12.6 Å². The number of imide groups is 1. The summed E-state index contributed by atoms with van der Waals surface area (Å²) in [6.45, 7) is 2.39. The van der Waals surface area contributed by atoms with E-state index >= 15 is 0 Å². The van der Waals surface area contributed by atoms with E-state index in [1.54, 1.807) is 6.92 Å². The average molecular weight is 383 g/mol. The maximum Gasteiger partial charge on any atom is 0.332 e. The molecule has 2 heterocycles. The van der Waals surface area contributed by atoms with Crippen molar-refractivity contribution in [1.82, 2.24) is 4.90 Å². The molecule has 2 aliphatic heterocycles. The van der Waals surface area contributed by atoms with E-state index in [1.165, 1.54) is 11.0 Å². The fourth-order valence-corrected chi connectivity index (χ4v) is 4.11. The first-order valence-electron chi connectivity index (χ1n) is 8.89. The Morgan fingerprint density at radius 3 is 2.69 bits per heavy atom. The molecule has 3 aliphatic rings. The highest BCUT2D eigenvalue weighted by Gasteiger charge is 2.51. The van der Waals surface area contributed by atoms with Crippen LogP contribution in [-0.2, 0) is 9.53 Å². The number of hydrogen-bond donors (Lipinski definition) is 0. The van der Waals surface area contributed by atoms with Crippen molar-refractivity contribution in [1.29, 1.82) is 0 Å². The first-order chi connectivity index (χ1) is 12.5. The van der Waals surface area contributed by atoms with Crippen LogP contribution in [0.2, 0.25) is 5.02 Å². The minimum atomic E-state index is -0.733. The van der Waals surface area contributed by atoms with Crippen molar-refractivity contribution in [3.63, 3.8) is 0 Å². The van der Waals surface area contributed by atoms with Crippen molar-refractivity contribution in [2.24, 2.45) is 0 Å². The molecule has 0 bridgehead atoms. The van der Waals surface area contributed by atoms with Crippen LogP contribution in [0.25, 0.3) is 0 Å². The Hall–Kier alpha value is -1.86. The molecule has 8 heteroatoms. The summed E-state index contributed by atoms with van der Waals surface area (Å²) in [6, 6.07) is 1.18. The molecule has 4 rings (SSSR count). The number of carbonyl (C=O) groups is 2. The van der Waals surface area contributed by atoms with Crippen molar-refractivity contribution < 1.29 is 23.5 Å². The summed E-state index contributed by atoms with van der Waals surface area (Å²) in [7, 11) is 0. The van der Waals surface area contributed by atoms with Gasteiger partial charge in [0.15, 0.2) is 0 Å². The summed E-state index contributed by atoms with van der Waals surface area (Å²) in [5.41, 5.74) is -0.126. The fourth-order valence-electron chi connectivity index (χ4n) is 3.91. The molecule has 1 aromatic rings. The van der Waals surface area contributed by atoms with Crippen LogP contribution in [0.4, 0.5) is 14.9 Å². The van der Waals surface area contributed by atoms with Gasteiger partial charge in [0.1, 0.15) is 17.6 Å². The Labute approximate surface area is 155 Å². The quantitative estimate of drug-likeness (QED) is 0.752. The highest BCUT2D eigenvalue weighted by atomic mass is 35.5.